The van der Waals surface area contributed by atoms with E-state index >= 15 is 0 Å². The first-order valence-corrected chi connectivity index (χ1v) is 14.1. The molecule has 2 aromatic carbocycles. The van der Waals surface area contributed by atoms with Crippen LogP contribution in [0.4, 0.5) is 0 Å². The number of rotatable bonds is 10. The molecular formula is C30H37ClN2O9. The number of ether oxygens (including phenoxy) is 3. The highest BCUT2D eigenvalue weighted by Gasteiger charge is 2.47. The predicted molar refractivity (Wildman–Crippen MR) is 155 cm³/mol. The number of aliphatic hydroxyl groups is 3. The smallest absolute Gasteiger partial charge is 0.247 e. The summed E-state index contributed by atoms with van der Waals surface area (Å²) in [7, 11) is 1.43. The van der Waals surface area contributed by atoms with Gasteiger partial charge in [-0.3, -0.25) is 4.79 Å². The number of amides is 1. The summed E-state index contributed by atoms with van der Waals surface area (Å²) in [5.74, 6) is -0.625. The van der Waals surface area contributed by atoms with E-state index in [4.69, 9.17) is 30.6 Å². The monoisotopic (exact) mass is 604 g/mol. The number of hydrogen-bond donors (Lipinski definition) is 5. The van der Waals surface area contributed by atoms with Crippen LogP contribution in [-0.4, -0.2) is 82.0 Å². The third-order valence-corrected chi connectivity index (χ3v) is 7.54. The molecule has 2 fully saturated rings. The summed E-state index contributed by atoms with van der Waals surface area (Å²) in [6, 6.07) is 11.0. The van der Waals surface area contributed by atoms with E-state index in [-0.39, 0.29) is 18.1 Å². The fourth-order valence-electron chi connectivity index (χ4n) is 4.99. The molecule has 7 atom stereocenters. The van der Waals surface area contributed by atoms with Gasteiger partial charge < -0.3 is 44.8 Å². The summed E-state index contributed by atoms with van der Waals surface area (Å²) in [5.41, 5.74) is 2.08. The number of nitrogens with zero attached hydrogens (tertiary/aromatic N) is 1. The van der Waals surface area contributed by atoms with Crippen molar-refractivity contribution in [3.63, 3.8) is 0 Å². The fourth-order valence-corrected chi connectivity index (χ4v) is 5.21. The van der Waals surface area contributed by atoms with Gasteiger partial charge in [-0.2, -0.15) is 0 Å². The molecule has 0 bridgehead atoms. The van der Waals surface area contributed by atoms with Crippen molar-refractivity contribution in [3.8, 4) is 11.5 Å². The minimum Gasteiger partial charge on any atom is -0.504 e. The van der Waals surface area contributed by atoms with Crippen LogP contribution in [-0.2, 0) is 25.7 Å². The van der Waals surface area contributed by atoms with E-state index < -0.39 is 48.8 Å². The van der Waals surface area contributed by atoms with Gasteiger partial charge in [0.25, 0.3) is 0 Å². The number of aromatic hydroxyl groups is 1. The Kier molecular flexibility index (Phi) is 10.8. The third kappa shape index (κ3) is 7.80. The normalized spacial score (nSPS) is 28.4. The SMILES string of the molecule is COC1C(/C(C)=N/OCc2cccc(Cl)c2)OC(Oc2ccc(/C=C(\C)C(=O)NC3[C@H](O)CCC[C@@H]3O)cc2O)[C@H]1O. The molecule has 2 aromatic rings. The molecule has 0 radical (unpaired) electrons. The van der Waals surface area contributed by atoms with Crippen molar-refractivity contribution in [2.45, 2.75) is 82.6 Å². The summed E-state index contributed by atoms with van der Waals surface area (Å²) in [6.45, 7) is 3.45. The van der Waals surface area contributed by atoms with E-state index in [9.17, 15) is 25.2 Å². The molecule has 11 nitrogen and oxygen atoms in total. The highest BCUT2D eigenvalue weighted by atomic mass is 35.5. The van der Waals surface area contributed by atoms with Crippen LogP contribution in [0.1, 0.15) is 44.2 Å². The maximum Gasteiger partial charge on any atom is 0.247 e. The number of phenols is 1. The number of phenolic OH excluding ortho intramolecular Hbond substituents is 1. The molecule has 1 heterocycles. The van der Waals surface area contributed by atoms with Crippen LogP contribution < -0.4 is 10.1 Å². The Morgan fingerprint density at radius 2 is 1.88 bits per heavy atom. The lowest BCUT2D eigenvalue weighted by molar-refractivity contribution is -0.121. The number of halogens is 1. The lowest BCUT2D eigenvalue weighted by Crippen LogP contribution is -2.53. The van der Waals surface area contributed by atoms with Crippen LogP contribution in [0.3, 0.4) is 0 Å². The summed E-state index contributed by atoms with van der Waals surface area (Å²) < 4.78 is 17.1. The number of carbonyl (C=O) groups is 1. The Morgan fingerprint density at radius 3 is 2.55 bits per heavy atom. The molecule has 2 aliphatic rings. The van der Waals surface area contributed by atoms with Gasteiger partial charge in [0.2, 0.25) is 12.2 Å². The van der Waals surface area contributed by atoms with Crippen molar-refractivity contribution in [2.24, 2.45) is 5.16 Å². The van der Waals surface area contributed by atoms with Gasteiger partial charge in [0.1, 0.15) is 24.9 Å². The van der Waals surface area contributed by atoms with Crippen molar-refractivity contribution < 1.29 is 44.3 Å². The van der Waals surface area contributed by atoms with E-state index in [2.05, 4.69) is 10.5 Å². The second-order valence-corrected chi connectivity index (χ2v) is 10.9. The van der Waals surface area contributed by atoms with Crippen molar-refractivity contribution in [3.05, 3.63) is 64.2 Å². The Hall–Kier alpha value is -3.19. The number of benzene rings is 2. The lowest BCUT2D eigenvalue weighted by Gasteiger charge is -2.32. The molecule has 228 valence electrons. The Bertz CT molecular complexity index is 1290. The minimum atomic E-state index is -1.20. The molecule has 1 aliphatic heterocycles. The topological polar surface area (TPSA) is 159 Å². The Morgan fingerprint density at radius 1 is 1.14 bits per heavy atom. The number of nitrogens with one attached hydrogen (secondary N) is 1. The number of aliphatic hydroxyl groups excluding tert-OH is 3. The third-order valence-electron chi connectivity index (χ3n) is 7.30. The van der Waals surface area contributed by atoms with Crippen LogP contribution in [0.15, 0.2) is 53.2 Å². The zero-order chi connectivity index (χ0) is 30.4. The standard InChI is InChI=1S/C30H37ClN2O9/c1-16(29(38)32-25-21(34)8-5-9-22(25)35)12-18-10-11-24(23(36)14-18)41-30-26(37)28(39-3)27(42-30)17(2)33-40-15-19-6-4-7-20(31)13-19/h4,6-7,10-14,21-22,25-28,30,34-37H,5,8-9,15H2,1-3H3,(H,32,38)/b16-12+,33-17+/t21-,22+,25?,26-,27?,28?,30?/m0/s1. The first kappa shape index (κ1) is 31.7. The first-order chi connectivity index (χ1) is 20.1. The first-order valence-electron chi connectivity index (χ1n) is 13.7. The molecular weight excluding hydrogens is 568 g/mol. The van der Waals surface area contributed by atoms with E-state index in [1.165, 1.54) is 19.2 Å². The average molecular weight is 605 g/mol. The van der Waals surface area contributed by atoms with Gasteiger partial charge in [0, 0.05) is 17.7 Å². The summed E-state index contributed by atoms with van der Waals surface area (Å²) >= 11 is 6.00. The molecule has 1 saturated carbocycles. The molecule has 1 amide bonds. The average Bonchev–Trinajstić information content (AvgIpc) is 3.27. The zero-order valence-electron chi connectivity index (χ0n) is 23.6. The van der Waals surface area contributed by atoms with Crippen LogP contribution in [0, 0.1) is 0 Å². The van der Waals surface area contributed by atoms with Gasteiger partial charge in [-0.1, -0.05) is 35.0 Å². The molecule has 1 saturated heterocycles. The maximum absolute atomic E-state index is 12.7. The fraction of sp³-hybridized carbons (Fsp3) is 0.467. The van der Waals surface area contributed by atoms with Crippen molar-refractivity contribution in [1.82, 2.24) is 5.32 Å². The molecule has 0 spiro atoms. The number of methoxy groups -OCH3 is 1. The molecule has 1 aliphatic carbocycles. The van der Waals surface area contributed by atoms with Gasteiger partial charge in [0.05, 0.1) is 24.0 Å². The molecule has 4 rings (SSSR count). The van der Waals surface area contributed by atoms with Gasteiger partial charge in [0.15, 0.2) is 11.5 Å². The molecule has 12 heteroatoms. The van der Waals surface area contributed by atoms with Crippen LogP contribution in [0.2, 0.25) is 5.02 Å². The second-order valence-electron chi connectivity index (χ2n) is 10.5. The summed E-state index contributed by atoms with van der Waals surface area (Å²) in [4.78, 5) is 18.1. The second kappa shape index (κ2) is 14.3. The van der Waals surface area contributed by atoms with Crippen molar-refractivity contribution >= 4 is 29.3 Å². The molecule has 5 N–H and O–H groups in total. The van der Waals surface area contributed by atoms with Crippen molar-refractivity contribution in [2.75, 3.05) is 7.11 Å². The van der Waals surface area contributed by atoms with Crippen LogP contribution in [0.5, 0.6) is 11.5 Å². The quantitative estimate of drug-likeness (QED) is 0.156. The number of carbonyl (C=O) groups excluding carboxylic acids is 1. The van der Waals surface area contributed by atoms with Gasteiger partial charge in [-0.05, 0) is 74.6 Å². The van der Waals surface area contributed by atoms with Crippen LogP contribution >= 0.6 is 11.6 Å². The Balaban J connectivity index is 1.37. The summed E-state index contributed by atoms with van der Waals surface area (Å²) in [5, 5.41) is 49.1. The van der Waals surface area contributed by atoms with E-state index in [1.807, 2.05) is 12.1 Å². The Labute approximate surface area is 249 Å². The van der Waals surface area contributed by atoms with Crippen molar-refractivity contribution in [1.29, 1.82) is 0 Å². The van der Waals surface area contributed by atoms with Gasteiger partial charge >= 0.3 is 0 Å². The minimum absolute atomic E-state index is 0.0501. The summed E-state index contributed by atoms with van der Waals surface area (Å²) in [6.07, 6.45) is -2.31. The molecule has 42 heavy (non-hydrogen) atoms. The highest BCUT2D eigenvalue weighted by Crippen LogP contribution is 2.33. The van der Waals surface area contributed by atoms with E-state index in [0.717, 1.165) is 5.56 Å². The predicted octanol–water partition coefficient (Wildman–Crippen LogP) is 2.91. The zero-order valence-corrected chi connectivity index (χ0v) is 24.4. The lowest BCUT2D eigenvalue weighted by atomic mass is 9.89. The largest absolute Gasteiger partial charge is 0.504 e. The number of hydrogen-bond acceptors (Lipinski definition) is 10. The maximum atomic E-state index is 12.7. The number of oxime groups is 1. The van der Waals surface area contributed by atoms with Gasteiger partial charge in [-0.15, -0.1) is 0 Å². The highest BCUT2D eigenvalue weighted by molar-refractivity contribution is 6.30. The molecule has 4 unspecified atom stereocenters. The van der Waals surface area contributed by atoms with Gasteiger partial charge in [-0.25, -0.2) is 0 Å². The molecule has 0 aromatic heterocycles. The van der Waals surface area contributed by atoms with E-state index in [0.29, 0.717) is 41.1 Å². The van der Waals surface area contributed by atoms with E-state index in [1.54, 1.807) is 38.1 Å². The van der Waals surface area contributed by atoms with Crippen LogP contribution in [0.25, 0.3) is 6.08 Å².